The van der Waals surface area contributed by atoms with Crippen molar-refractivity contribution in [1.29, 1.82) is 0 Å². The number of nitrogens with one attached hydrogen (secondary N) is 1. The van der Waals surface area contributed by atoms with Crippen molar-refractivity contribution in [3.63, 3.8) is 0 Å². The molecule has 8 nitrogen and oxygen atoms in total. The fourth-order valence-electron chi connectivity index (χ4n) is 1.96. The molecule has 1 amide bonds. The van der Waals surface area contributed by atoms with Crippen molar-refractivity contribution >= 4 is 17.4 Å². The van der Waals surface area contributed by atoms with Crippen molar-refractivity contribution in [3.05, 3.63) is 27.9 Å². The van der Waals surface area contributed by atoms with Gasteiger partial charge in [0.15, 0.2) is 0 Å². The molecule has 3 N–H and O–H groups in total. The summed E-state index contributed by atoms with van der Waals surface area (Å²) in [6, 6.07) is 1.05. The van der Waals surface area contributed by atoms with Gasteiger partial charge in [-0.2, -0.15) is 0 Å². The molecule has 0 bridgehead atoms. The number of aromatic nitrogens is 1. The topological polar surface area (TPSA) is 120 Å². The molecule has 0 spiro atoms. The van der Waals surface area contributed by atoms with Crippen LogP contribution in [0, 0.1) is 10.1 Å². The Morgan fingerprint density at radius 2 is 2.42 bits per heavy atom. The van der Waals surface area contributed by atoms with E-state index in [4.69, 9.17) is 10.5 Å². The number of carbonyl (C=O) groups is 1. The standard InChI is InChI=1S/C11H14N4O4/c1-6-8(2-3-19-6)14-11(16)7-4-10(12)13-5-9(7)15(17)18/h4-6,8H,2-3H2,1H3,(H2,12,13)(H,14,16). The molecule has 2 unspecified atom stereocenters. The zero-order valence-corrected chi connectivity index (χ0v) is 10.3. The Morgan fingerprint density at radius 1 is 1.68 bits per heavy atom. The summed E-state index contributed by atoms with van der Waals surface area (Å²) in [4.78, 5) is 25.9. The van der Waals surface area contributed by atoms with Crippen LogP contribution in [0.25, 0.3) is 0 Å². The molecule has 1 saturated heterocycles. The second-order valence-electron chi connectivity index (χ2n) is 4.33. The minimum absolute atomic E-state index is 0.0615. The number of nitrogen functional groups attached to an aromatic ring is 1. The highest BCUT2D eigenvalue weighted by Crippen LogP contribution is 2.20. The van der Waals surface area contributed by atoms with Crippen LogP contribution in [0.2, 0.25) is 0 Å². The fraction of sp³-hybridized carbons (Fsp3) is 0.455. The maximum absolute atomic E-state index is 12.1. The maximum atomic E-state index is 12.1. The van der Waals surface area contributed by atoms with Gasteiger partial charge in [-0.3, -0.25) is 14.9 Å². The van der Waals surface area contributed by atoms with Crippen molar-refractivity contribution in [2.24, 2.45) is 0 Å². The third kappa shape index (κ3) is 2.79. The van der Waals surface area contributed by atoms with E-state index in [0.29, 0.717) is 13.0 Å². The number of nitrogens with zero attached hydrogens (tertiary/aromatic N) is 2. The number of ether oxygens (including phenoxy) is 1. The lowest BCUT2D eigenvalue weighted by atomic mass is 10.1. The largest absolute Gasteiger partial charge is 0.384 e. The van der Waals surface area contributed by atoms with E-state index in [-0.39, 0.29) is 29.2 Å². The highest BCUT2D eigenvalue weighted by molar-refractivity contribution is 5.98. The highest BCUT2D eigenvalue weighted by atomic mass is 16.6. The van der Waals surface area contributed by atoms with Crippen LogP contribution in [-0.4, -0.2) is 34.6 Å². The highest BCUT2D eigenvalue weighted by Gasteiger charge is 2.29. The van der Waals surface area contributed by atoms with Gasteiger partial charge >= 0.3 is 0 Å². The van der Waals surface area contributed by atoms with Gasteiger partial charge in [0.05, 0.1) is 17.1 Å². The lowest BCUT2D eigenvalue weighted by Gasteiger charge is -2.15. The smallest absolute Gasteiger partial charge is 0.300 e. The Labute approximate surface area is 109 Å². The molecule has 2 rings (SSSR count). The van der Waals surface area contributed by atoms with Crippen LogP contribution in [0.4, 0.5) is 11.5 Å². The minimum Gasteiger partial charge on any atom is -0.384 e. The van der Waals surface area contributed by atoms with E-state index in [1.165, 1.54) is 6.07 Å². The van der Waals surface area contributed by atoms with Crippen LogP contribution in [0.3, 0.4) is 0 Å². The zero-order valence-electron chi connectivity index (χ0n) is 10.3. The number of anilines is 1. The molecule has 1 fully saturated rings. The molecule has 8 heteroatoms. The van der Waals surface area contributed by atoms with Crippen molar-refractivity contribution in [3.8, 4) is 0 Å². The predicted octanol–water partition coefficient (Wildman–Crippen LogP) is 0.479. The van der Waals surface area contributed by atoms with Crippen molar-refractivity contribution in [1.82, 2.24) is 10.3 Å². The summed E-state index contributed by atoms with van der Waals surface area (Å²) in [5.74, 6) is -0.477. The lowest BCUT2D eigenvalue weighted by molar-refractivity contribution is -0.385. The number of amides is 1. The Kier molecular flexibility index (Phi) is 3.61. The Morgan fingerprint density at radius 3 is 3.00 bits per heavy atom. The molecule has 1 aliphatic rings. The molecule has 1 aromatic rings. The van der Waals surface area contributed by atoms with Gasteiger partial charge in [-0.15, -0.1) is 0 Å². The monoisotopic (exact) mass is 266 g/mol. The summed E-state index contributed by atoms with van der Waals surface area (Å²) in [5.41, 5.74) is 5.01. The first-order valence-electron chi connectivity index (χ1n) is 5.81. The minimum atomic E-state index is -0.657. The van der Waals surface area contributed by atoms with Gasteiger partial charge in [0.1, 0.15) is 17.6 Å². The van der Waals surface area contributed by atoms with Gasteiger partial charge in [-0.25, -0.2) is 4.98 Å². The number of rotatable bonds is 3. The van der Waals surface area contributed by atoms with Crippen LogP contribution >= 0.6 is 0 Å². The van der Waals surface area contributed by atoms with E-state index in [1.54, 1.807) is 0 Å². The van der Waals surface area contributed by atoms with Gasteiger partial charge in [-0.05, 0) is 19.4 Å². The number of nitrogens with two attached hydrogens (primary N) is 1. The van der Waals surface area contributed by atoms with E-state index >= 15 is 0 Å². The van der Waals surface area contributed by atoms with Crippen LogP contribution in [0.1, 0.15) is 23.7 Å². The van der Waals surface area contributed by atoms with Crippen LogP contribution < -0.4 is 11.1 Å². The van der Waals surface area contributed by atoms with Crippen molar-refractivity contribution < 1.29 is 14.5 Å². The summed E-state index contributed by atoms with van der Waals surface area (Å²) in [6.45, 7) is 2.40. The quantitative estimate of drug-likeness (QED) is 0.606. The van der Waals surface area contributed by atoms with Gasteiger partial charge in [0.2, 0.25) is 0 Å². The van der Waals surface area contributed by atoms with E-state index in [2.05, 4.69) is 10.3 Å². The number of hydrogen-bond acceptors (Lipinski definition) is 6. The first-order valence-corrected chi connectivity index (χ1v) is 5.81. The Hall–Kier alpha value is -2.22. The summed E-state index contributed by atoms with van der Waals surface area (Å²) in [7, 11) is 0. The van der Waals surface area contributed by atoms with E-state index in [9.17, 15) is 14.9 Å². The third-order valence-corrected chi connectivity index (χ3v) is 3.04. The Bertz CT molecular complexity index is 519. The molecule has 19 heavy (non-hydrogen) atoms. The molecule has 0 saturated carbocycles. The summed E-state index contributed by atoms with van der Waals surface area (Å²) in [5, 5.41) is 13.6. The predicted molar refractivity (Wildman–Crippen MR) is 66.6 cm³/mol. The molecule has 102 valence electrons. The molecular weight excluding hydrogens is 252 g/mol. The molecule has 1 aliphatic heterocycles. The van der Waals surface area contributed by atoms with Gasteiger partial charge < -0.3 is 15.8 Å². The van der Waals surface area contributed by atoms with Crippen molar-refractivity contribution in [2.75, 3.05) is 12.3 Å². The number of nitro groups is 1. The first-order chi connectivity index (χ1) is 8.99. The van der Waals surface area contributed by atoms with Gasteiger partial charge in [-0.1, -0.05) is 0 Å². The van der Waals surface area contributed by atoms with E-state index in [1.807, 2.05) is 6.92 Å². The number of hydrogen-bond donors (Lipinski definition) is 2. The average Bonchev–Trinajstić information content (AvgIpc) is 2.74. The number of pyridine rings is 1. The maximum Gasteiger partial charge on any atom is 0.300 e. The molecule has 0 aliphatic carbocycles. The van der Waals surface area contributed by atoms with Crippen LogP contribution in [0.15, 0.2) is 12.3 Å². The SMILES string of the molecule is CC1OCCC1NC(=O)c1cc(N)ncc1[N+](=O)[O-]. The molecule has 1 aromatic heterocycles. The van der Waals surface area contributed by atoms with E-state index in [0.717, 1.165) is 6.20 Å². The summed E-state index contributed by atoms with van der Waals surface area (Å²) < 4.78 is 5.32. The molecule has 0 radical (unpaired) electrons. The molecule has 0 aromatic carbocycles. The van der Waals surface area contributed by atoms with Gasteiger partial charge in [0.25, 0.3) is 11.6 Å². The molecule has 2 heterocycles. The second kappa shape index (κ2) is 5.19. The van der Waals surface area contributed by atoms with E-state index < -0.39 is 10.8 Å². The van der Waals surface area contributed by atoms with Gasteiger partial charge in [0, 0.05) is 6.61 Å². The van der Waals surface area contributed by atoms with Crippen LogP contribution in [0.5, 0.6) is 0 Å². The third-order valence-electron chi connectivity index (χ3n) is 3.04. The summed E-state index contributed by atoms with van der Waals surface area (Å²) >= 11 is 0. The van der Waals surface area contributed by atoms with Crippen LogP contribution in [-0.2, 0) is 4.74 Å². The average molecular weight is 266 g/mol. The second-order valence-corrected chi connectivity index (χ2v) is 4.33. The fourth-order valence-corrected chi connectivity index (χ4v) is 1.96. The number of carbonyl (C=O) groups excluding carboxylic acids is 1. The first kappa shape index (κ1) is 13.2. The lowest BCUT2D eigenvalue weighted by Crippen LogP contribution is -2.39. The molecule has 2 atom stereocenters. The molecular formula is C11H14N4O4. The summed E-state index contributed by atoms with van der Waals surface area (Å²) in [6.07, 6.45) is 1.56. The van der Waals surface area contributed by atoms with Crippen molar-refractivity contribution in [2.45, 2.75) is 25.5 Å². The normalized spacial score (nSPS) is 22.2. The zero-order chi connectivity index (χ0) is 14.0. The Balaban J connectivity index is 2.22.